The number of para-hydroxylation sites is 1. The molecule has 0 radical (unpaired) electrons. The van der Waals surface area contributed by atoms with Crippen LogP contribution in [0.15, 0.2) is 42.6 Å². The SMILES string of the molecule is CCOC(=O)CCc1ccc(N2C[C@@H]3C[C@H]2C[C@H]3OCc2c(C3CC3)cnn2-c2c(Cl)cccc2Cl)c(F)c1. The summed E-state index contributed by atoms with van der Waals surface area (Å²) in [6, 6.07) is 11.0. The number of carbonyl (C=O) groups excluding carboxylic acids is 1. The lowest BCUT2D eigenvalue weighted by Crippen LogP contribution is -2.39. The zero-order chi connectivity index (χ0) is 27.1. The first-order valence-corrected chi connectivity index (χ1v) is 14.5. The van der Waals surface area contributed by atoms with Gasteiger partial charge in [0.15, 0.2) is 0 Å². The van der Waals surface area contributed by atoms with E-state index in [0.29, 0.717) is 52.9 Å². The maximum atomic E-state index is 15.1. The highest BCUT2D eigenvalue weighted by Crippen LogP contribution is 2.45. The van der Waals surface area contributed by atoms with E-state index in [0.717, 1.165) is 43.5 Å². The van der Waals surface area contributed by atoms with Gasteiger partial charge in [0.25, 0.3) is 0 Å². The zero-order valence-electron chi connectivity index (χ0n) is 21.9. The van der Waals surface area contributed by atoms with Crippen LogP contribution in [0.1, 0.15) is 61.8 Å². The number of rotatable bonds is 10. The Morgan fingerprint density at radius 3 is 2.62 bits per heavy atom. The molecule has 9 heteroatoms. The van der Waals surface area contributed by atoms with Gasteiger partial charge in [0.05, 0.1) is 46.9 Å². The number of esters is 1. The maximum Gasteiger partial charge on any atom is 0.306 e. The van der Waals surface area contributed by atoms with Crippen LogP contribution >= 0.6 is 23.2 Å². The molecule has 2 bridgehead atoms. The summed E-state index contributed by atoms with van der Waals surface area (Å²) in [7, 11) is 0. The van der Waals surface area contributed by atoms with E-state index in [1.807, 2.05) is 41.2 Å². The van der Waals surface area contributed by atoms with Crippen molar-refractivity contribution in [3.63, 3.8) is 0 Å². The highest BCUT2D eigenvalue weighted by molar-refractivity contribution is 6.37. The Bertz CT molecular complexity index is 1360. The van der Waals surface area contributed by atoms with Crippen molar-refractivity contribution < 1.29 is 18.7 Å². The van der Waals surface area contributed by atoms with Gasteiger partial charge < -0.3 is 14.4 Å². The first kappa shape index (κ1) is 26.6. The average Bonchev–Trinajstić information content (AvgIpc) is 3.37. The van der Waals surface area contributed by atoms with Crippen molar-refractivity contribution in [2.24, 2.45) is 5.92 Å². The number of hydrogen-bond donors (Lipinski definition) is 0. The molecular formula is C30H32Cl2FN3O3. The molecule has 3 fully saturated rings. The lowest BCUT2D eigenvalue weighted by Gasteiger charge is -2.33. The Labute approximate surface area is 238 Å². The number of fused-ring (bicyclic) bond motifs is 2. The maximum absolute atomic E-state index is 15.1. The van der Waals surface area contributed by atoms with Crippen molar-refractivity contribution in [1.82, 2.24) is 9.78 Å². The molecule has 2 heterocycles. The van der Waals surface area contributed by atoms with Crippen LogP contribution in [0.25, 0.3) is 5.69 Å². The summed E-state index contributed by atoms with van der Waals surface area (Å²) in [5, 5.41) is 5.76. The fourth-order valence-electron chi connectivity index (χ4n) is 6.16. The van der Waals surface area contributed by atoms with Gasteiger partial charge in [-0.25, -0.2) is 9.07 Å². The number of benzene rings is 2. The van der Waals surface area contributed by atoms with Crippen LogP contribution < -0.4 is 4.90 Å². The first-order valence-electron chi connectivity index (χ1n) is 13.8. The van der Waals surface area contributed by atoms with Crippen molar-refractivity contribution in [1.29, 1.82) is 0 Å². The number of halogens is 3. The van der Waals surface area contributed by atoms with E-state index in [4.69, 9.17) is 32.7 Å². The van der Waals surface area contributed by atoms with Crippen LogP contribution in [0.2, 0.25) is 10.0 Å². The Morgan fingerprint density at radius 1 is 1.15 bits per heavy atom. The third kappa shape index (κ3) is 5.41. The van der Waals surface area contributed by atoms with E-state index in [1.54, 1.807) is 13.0 Å². The summed E-state index contributed by atoms with van der Waals surface area (Å²) in [6.45, 7) is 3.34. The third-order valence-electron chi connectivity index (χ3n) is 8.22. The highest BCUT2D eigenvalue weighted by Gasteiger charge is 2.46. The van der Waals surface area contributed by atoms with Gasteiger partial charge in [-0.1, -0.05) is 35.3 Å². The second-order valence-corrected chi connectivity index (χ2v) is 11.6. The topological polar surface area (TPSA) is 56.6 Å². The fourth-order valence-corrected chi connectivity index (χ4v) is 6.72. The molecule has 3 aliphatic rings. The van der Waals surface area contributed by atoms with Gasteiger partial charge in [-0.2, -0.15) is 5.10 Å². The summed E-state index contributed by atoms with van der Waals surface area (Å²) in [5.74, 6) is 0.350. The fraction of sp³-hybridized carbons (Fsp3) is 0.467. The summed E-state index contributed by atoms with van der Waals surface area (Å²) in [4.78, 5) is 13.8. The van der Waals surface area contributed by atoms with Crippen molar-refractivity contribution in [2.45, 2.75) is 70.1 Å². The molecule has 2 saturated carbocycles. The monoisotopic (exact) mass is 571 g/mol. The molecule has 0 spiro atoms. The Balaban J connectivity index is 1.11. The number of ether oxygens (including phenoxy) is 2. The molecule has 6 rings (SSSR count). The standard InChI is InChI=1S/C30H32Cl2FN3O3/c1-2-38-29(37)11-7-18-6-10-26(25(33)12-18)35-16-20-13-21(35)14-28(20)39-17-27-22(19-8-9-19)15-34-36(27)30-23(31)4-3-5-24(30)32/h3-6,10,12,15,19-21,28H,2,7-9,11,13-14,16-17H2,1H3/t20-,21-,28+/m0/s1. The van der Waals surface area contributed by atoms with E-state index < -0.39 is 0 Å². The third-order valence-corrected chi connectivity index (χ3v) is 8.83. The molecule has 206 valence electrons. The Morgan fingerprint density at radius 2 is 1.95 bits per heavy atom. The van der Waals surface area contributed by atoms with Gasteiger partial charge in [0.2, 0.25) is 0 Å². The number of aryl methyl sites for hydroxylation is 1. The minimum absolute atomic E-state index is 0.107. The average molecular weight is 573 g/mol. The summed E-state index contributed by atoms with van der Waals surface area (Å²) in [5.41, 5.74) is 4.34. The molecule has 1 saturated heterocycles. The number of nitrogens with zero attached hydrogens (tertiary/aromatic N) is 3. The molecule has 3 aromatic rings. The molecule has 2 aromatic carbocycles. The van der Waals surface area contributed by atoms with Gasteiger partial charge in [0, 0.05) is 24.9 Å². The van der Waals surface area contributed by atoms with Crippen LogP contribution in [0.5, 0.6) is 0 Å². The van der Waals surface area contributed by atoms with Gasteiger partial charge in [-0.15, -0.1) is 0 Å². The van der Waals surface area contributed by atoms with Crippen LogP contribution in [0, 0.1) is 11.7 Å². The molecule has 2 aliphatic carbocycles. The zero-order valence-corrected chi connectivity index (χ0v) is 23.4. The second-order valence-electron chi connectivity index (χ2n) is 10.8. The molecule has 0 amide bonds. The van der Waals surface area contributed by atoms with Crippen LogP contribution in [-0.2, 0) is 27.3 Å². The van der Waals surface area contributed by atoms with Crippen molar-refractivity contribution >= 4 is 34.9 Å². The summed E-state index contributed by atoms with van der Waals surface area (Å²) in [6.07, 6.45) is 6.92. The lowest BCUT2D eigenvalue weighted by atomic mass is 10.0. The van der Waals surface area contributed by atoms with E-state index in [2.05, 4.69) is 10.00 Å². The quantitative estimate of drug-likeness (QED) is 0.248. The molecule has 0 unspecified atom stereocenters. The number of aromatic nitrogens is 2. The molecule has 6 nitrogen and oxygen atoms in total. The smallest absolute Gasteiger partial charge is 0.306 e. The Kier molecular flexibility index (Phi) is 7.58. The van der Waals surface area contributed by atoms with E-state index in [1.165, 1.54) is 5.56 Å². The second kappa shape index (κ2) is 11.1. The molecule has 0 N–H and O–H groups in total. The van der Waals surface area contributed by atoms with Gasteiger partial charge in [0.1, 0.15) is 11.5 Å². The highest BCUT2D eigenvalue weighted by atomic mass is 35.5. The van der Waals surface area contributed by atoms with Crippen molar-refractivity contribution in [3.8, 4) is 5.69 Å². The van der Waals surface area contributed by atoms with E-state index in [9.17, 15) is 4.79 Å². The van der Waals surface area contributed by atoms with E-state index in [-0.39, 0.29) is 30.4 Å². The Hall–Kier alpha value is -2.61. The number of hydrogen-bond acceptors (Lipinski definition) is 5. The van der Waals surface area contributed by atoms with Crippen molar-refractivity contribution in [3.05, 3.63) is 75.3 Å². The van der Waals surface area contributed by atoms with Gasteiger partial charge >= 0.3 is 5.97 Å². The molecule has 1 aromatic heterocycles. The van der Waals surface area contributed by atoms with Crippen LogP contribution in [-0.4, -0.2) is 41.0 Å². The number of anilines is 1. The minimum atomic E-state index is -0.257. The van der Waals surface area contributed by atoms with Gasteiger partial charge in [-0.3, -0.25) is 4.79 Å². The molecule has 39 heavy (non-hydrogen) atoms. The summed E-state index contributed by atoms with van der Waals surface area (Å²) >= 11 is 13.0. The normalized spacial score (nSPS) is 22.1. The van der Waals surface area contributed by atoms with Gasteiger partial charge in [-0.05, 0) is 80.3 Å². The molecule has 1 aliphatic heterocycles. The predicted octanol–water partition coefficient (Wildman–Crippen LogP) is 6.88. The summed E-state index contributed by atoms with van der Waals surface area (Å²) < 4.78 is 28.5. The largest absolute Gasteiger partial charge is 0.466 e. The number of carbonyl (C=O) groups is 1. The first-order chi connectivity index (χ1) is 18.9. The lowest BCUT2D eigenvalue weighted by molar-refractivity contribution is -0.143. The minimum Gasteiger partial charge on any atom is -0.466 e. The number of piperidine rings is 1. The van der Waals surface area contributed by atoms with Crippen molar-refractivity contribution in [2.75, 3.05) is 18.1 Å². The predicted molar refractivity (Wildman–Crippen MR) is 149 cm³/mol. The van der Waals surface area contributed by atoms with Crippen LogP contribution in [0.3, 0.4) is 0 Å². The molecular weight excluding hydrogens is 540 g/mol. The van der Waals surface area contributed by atoms with E-state index >= 15 is 4.39 Å². The molecule has 3 atom stereocenters. The van der Waals surface area contributed by atoms with Crippen LogP contribution in [0.4, 0.5) is 10.1 Å².